The second-order valence-electron chi connectivity index (χ2n) is 5.59. The van der Waals surface area contributed by atoms with Crippen molar-refractivity contribution in [3.63, 3.8) is 0 Å². The summed E-state index contributed by atoms with van der Waals surface area (Å²) in [6, 6.07) is 3.78. The number of aryl methyl sites for hydroxylation is 2. The number of carbonyl (C=O) groups excluding carboxylic acids is 1. The number of aromatic nitrogens is 2. The summed E-state index contributed by atoms with van der Waals surface area (Å²) in [6.45, 7) is 7.38. The summed E-state index contributed by atoms with van der Waals surface area (Å²) >= 11 is 0. The minimum atomic E-state index is -0.143. The predicted octanol–water partition coefficient (Wildman–Crippen LogP) is 1.48. The fraction of sp³-hybridized carbons (Fsp3) is 0.500. The molecule has 0 spiro atoms. The SMILES string of the molecule is CCO[C@H]1COC[C@@H]1NC(=O)c1c(C)nc2ccc(C)cn12. The second-order valence-corrected chi connectivity index (χ2v) is 5.59. The van der Waals surface area contributed by atoms with E-state index in [0.717, 1.165) is 16.9 Å². The first-order chi connectivity index (χ1) is 10.6. The van der Waals surface area contributed by atoms with Crippen molar-refractivity contribution >= 4 is 11.6 Å². The minimum Gasteiger partial charge on any atom is -0.376 e. The van der Waals surface area contributed by atoms with Crippen LogP contribution in [0.4, 0.5) is 0 Å². The Morgan fingerprint density at radius 1 is 1.45 bits per heavy atom. The number of carbonyl (C=O) groups is 1. The van der Waals surface area contributed by atoms with Gasteiger partial charge in [-0.25, -0.2) is 4.98 Å². The van der Waals surface area contributed by atoms with Crippen LogP contribution in [0.15, 0.2) is 18.3 Å². The lowest BCUT2D eigenvalue weighted by Gasteiger charge is -2.19. The number of pyridine rings is 1. The van der Waals surface area contributed by atoms with E-state index in [1.807, 2.05) is 43.5 Å². The molecule has 118 valence electrons. The lowest BCUT2D eigenvalue weighted by atomic mass is 10.2. The fourth-order valence-electron chi connectivity index (χ4n) is 2.83. The van der Waals surface area contributed by atoms with Gasteiger partial charge >= 0.3 is 0 Å². The van der Waals surface area contributed by atoms with Gasteiger partial charge < -0.3 is 14.8 Å². The molecule has 0 aliphatic carbocycles. The molecule has 1 N–H and O–H groups in total. The van der Waals surface area contributed by atoms with Gasteiger partial charge in [-0.15, -0.1) is 0 Å². The zero-order chi connectivity index (χ0) is 15.7. The van der Waals surface area contributed by atoms with Gasteiger partial charge in [-0.1, -0.05) is 6.07 Å². The molecule has 1 aliphatic heterocycles. The molecule has 2 atom stereocenters. The number of ether oxygens (including phenoxy) is 2. The Hall–Kier alpha value is -1.92. The minimum absolute atomic E-state index is 0.0878. The molecular weight excluding hydrogens is 282 g/mol. The van der Waals surface area contributed by atoms with Gasteiger partial charge in [-0.05, 0) is 32.4 Å². The maximum absolute atomic E-state index is 12.7. The number of nitrogens with zero attached hydrogens (tertiary/aromatic N) is 2. The monoisotopic (exact) mass is 303 g/mol. The van der Waals surface area contributed by atoms with Gasteiger partial charge in [0.2, 0.25) is 0 Å². The number of imidazole rings is 1. The number of fused-ring (bicyclic) bond motifs is 1. The maximum atomic E-state index is 12.7. The van der Waals surface area contributed by atoms with Crippen molar-refractivity contribution in [2.75, 3.05) is 19.8 Å². The first-order valence-electron chi connectivity index (χ1n) is 7.55. The fourth-order valence-corrected chi connectivity index (χ4v) is 2.83. The molecule has 0 saturated carbocycles. The summed E-state index contributed by atoms with van der Waals surface area (Å²) in [5.41, 5.74) is 3.14. The molecule has 1 amide bonds. The summed E-state index contributed by atoms with van der Waals surface area (Å²) in [6.07, 6.45) is 1.84. The summed E-state index contributed by atoms with van der Waals surface area (Å²) in [7, 11) is 0. The topological polar surface area (TPSA) is 64.9 Å². The van der Waals surface area contributed by atoms with Crippen LogP contribution in [0.5, 0.6) is 0 Å². The Labute approximate surface area is 129 Å². The number of hydrogen-bond donors (Lipinski definition) is 1. The van der Waals surface area contributed by atoms with Crippen molar-refractivity contribution in [3.8, 4) is 0 Å². The van der Waals surface area contributed by atoms with Crippen LogP contribution in [0.3, 0.4) is 0 Å². The van der Waals surface area contributed by atoms with Crippen LogP contribution in [0, 0.1) is 13.8 Å². The number of hydrogen-bond acceptors (Lipinski definition) is 4. The number of rotatable bonds is 4. The van der Waals surface area contributed by atoms with Crippen LogP contribution in [0.2, 0.25) is 0 Å². The molecule has 1 aliphatic rings. The average molecular weight is 303 g/mol. The van der Waals surface area contributed by atoms with Gasteiger partial charge in [-0.2, -0.15) is 0 Å². The van der Waals surface area contributed by atoms with Crippen molar-refractivity contribution in [1.82, 2.24) is 14.7 Å². The van der Waals surface area contributed by atoms with Crippen molar-refractivity contribution in [2.24, 2.45) is 0 Å². The molecule has 22 heavy (non-hydrogen) atoms. The summed E-state index contributed by atoms with van der Waals surface area (Å²) in [4.78, 5) is 17.1. The molecule has 6 nitrogen and oxygen atoms in total. The highest BCUT2D eigenvalue weighted by atomic mass is 16.5. The van der Waals surface area contributed by atoms with Crippen LogP contribution in [0.25, 0.3) is 5.65 Å². The Balaban J connectivity index is 1.86. The van der Waals surface area contributed by atoms with Crippen LogP contribution in [-0.4, -0.2) is 47.3 Å². The van der Waals surface area contributed by atoms with E-state index in [2.05, 4.69) is 10.3 Å². The van der Waals surface area contributed by atoms with E-state index in [4.69, 9.17) is 9.47 Å². The molecule has 0 radical (unpaired) electrons. The van der Waals surface area contributed by atoms with Crippen LogP contribution < -0.4 is 5.32 Å². The Morgan fingerprint density at radius 2 is 2.27 bits per heavy atom. The van der Waals surface area contributed by atoms with Crippen molar-refractivity contribution in [1.29, 1.82) is 0 Å². The Morgan fingerprint density at radius 3 is 3.05 bits per heavy atom. The van der Waals surface area contributed by atoms with Crippen LogP contribution >= 0.6 is 0 Å². The lowest BCUT2D eigenvalue weighted by Crippen LogP contribution is -2.44. The number of nitrogens with one attached hydrogen (secondary N) is 1. The molecular formula is C16H21N3O3. The highest BCUT2D eigenvalue weighted by Crippen LogP contribution is 2.15. The van der Waals surface area contributed by atoms with Gasteiger partial charge in [-0.3, -0.25) is 9.20 Å². The van der Waals surface area contributed by atoms with Gasteiger partial charge in [0, 0.05) is 12.8 Å². The molecule has 1 saturated heterocycles. The summed E-state index contributed by atoms with van der Waals surface area (Å²) in [5, 5.41) is 3.02. The van der Waals surface area contributed by atoms with Crippen LogP contribution in [0.1, 0.15) is 28.7 Å². The van der Waals surface area contributed by atoms with Gasteiger partial charge in [0.25, 0.3) is 5.91 Å². The van der Waals surface area contributed by atoms with Gasteiger partial charge in [0.1, 0.15) is 17.4 Å². The molecule has 0 aromatic carbocycles. The molecule has 2 aromatic heterocycles. The molecule has 1 fully saturated rings. The lowest BCUT2D eigenvalue weighted by molar-refractivity contribution is 0.0401. The second kappa shape index (κ2) is 6.06. The third-order valence-electron chi connectivity index (χ3n) is 3.88. The van der Waals surface area contributed by atoms with E-state index in [9.17, 15) is 4.79 Å². The highest BCUT2D eigenvalue weighted by molar-refractivity contribution is 5.95. The largest absolute Gasteiger partial charge is 0.376 e. The van der Waals surface area contributed by atoms with E-state index >= 15 is 0 Å². The standard InChI is InChI=1S/C16H21N3O3/c1-4-22-13-9-21-8-12(13)18-16(20)15-11(3)17-14-6-5-10(2)7-19(14)15/h5-7,12-13H,4,8-9H2,1-3H3,(H,18,20)/t12-,13-/m0/s1. The molecule has 6 heteroatoms. The normalized spacial score (nSPS) is 21.4. The highest BCUT2D eigenvalue weighted by Gasteiger charge is 2.31. The van der Waals surface area contributed by atoms with Crippen LogP contribution in [-0.2, 0) is 9.47 Å². The third kappa shape index (κ3) is 2.71. The zero-order valence-corrected chi connectivity index (χ0v) is 13.1. The van der Waals surface area contributed by atoms with Crippen molar-refractivity contribution in [2.45, 2.75) is 32.9 Å². The smallest absolute Gasteiger partial charge is 0.270 e. The molecule has 0 unspecified atom stereocenters. The van der Waals surface area contributed by atoms with E-state index in [1.165, 1.54) is 0 Å². The average Bonchev–Trinajstić information content (AvgIpc) is 3.02. The first-order valence-corrected chi connectivity index (χ1v) is 7.55. The molecule has 3 heterocycles. The molecule has 3 rings (SSSR count). The summed E-state index contributed by atoms with van der Waals surface area (Å²) < 4.78 is 12.9. The number of amides is 1. The van der Waals surface area contributed by atoms with E-state index in [0.29, 0.717) is 25.5 Å². The van der Waals surface area contributed by atoms with Crippen molar-refractivity contribution in [3.05, 3.63) is 35.3 Å². The van der Waals surface area contributed by atoms with Gasteiger partial charge in [0.05, 0.1) is 24.9 Å². The van der Waals surface area contributed by atoms with Crippen molar-refractivity contribution < 1.29 is 14.3 Å². The molecule has 0 bridgehead atoms. The van der Waals surface area contributed by atoms with E-state index in [1.54, 1.807) is 0 Å². The van der Waals surface area contributed by atoms with Gasteiger partial charge in [0.15, 0.2) is 0 Å². The molecule has 2 aromatic rings. The van der Waals surface area contributed by atoms with E-state index < -0.39 is 0 Å². The summed E-state index contributed by atoms with van der Waals surface area (Å²) in [5.74, 6) is -0.143. The first kappa shape index (κ1) is 15.0. The third-order valence-corrected chi connectivity index (χ3v) is 3.88. The maximum Gasteiger partial charge on any atom is 0.270 e. The Kier molecular flexibility index (Phi) is 4.13. The Bertz CT molecular complexity index is 695. The zero-order valence-electron chi connectivity index (χ0n) is 13.1. The predicted molar refractivity (Wildman–Crippen MR) is 82.2 cm³/mol. The quantitative estimate of drug-likeness (QED) is 0.929. The van der Waals surface area contributed by atoms with E-state index in [-0.39, 0.29) is 18.1 Å².